The number of carbonyl (C=O) groups excluding carboxylic acids is 1. The molecule has 0 radical (unpaired) electrons. The van der Waals surface area contributed by atoms with Gasteiger partial charge in [-0.15, -0.1) is 0 Å². The van der Waals surface area contributed by atoms with E-state index in [1.807, 2.05) is 0 Å². The average molecular weight is 278 g/mol. The van der Waals surface area contributed by atoms with Crippen LogP contribution < -0.4 is 0 Å². The van der Waals surface area contributed by atoms with Crippen molar-refractivity contribution in [3.63, 3.8) is 0 Å². The third-order valence-electron chi connectivity index (χ3n) is 5.12. The van der Waals surface area contributed by atoms with Crippen molar-refractivity contribution in [1.82, 2.24) is 0 Å². The van der Waals surface area contributed by atoms with Gasteiger partial charge in [0.1, 0.15) is 0 Å². The molecule has 21 heavy (non-hydrogen) atoms. The van der Waals surface area contributed by atoms with Crippen LogP contribution in [0.4, 0.5) is 0 Å². The number of benzene rings is 2. The maximum atomic E-state index is 12.4. The maximum absolute atomic E-state index is 12.4. The summed E-state index contributed by atoms with van der Waals surface area (Å²) in [6.07, 6.45) is 2.53. The largest absolute Gasteiger partial charge is 0.465 e. The molecule has 1 aliphatic heterocycles. The van der Waals surface area contributed by atoms with E-state index in [9.17, 15) is 4.79 Å². The van der Waals surface area contributed by atoms with E-state index in [4.69, 9.17) is 4.74 Å². The zero-order valence-corrected chi connectivity index (χ0v) is 12.2. The third-order valence-corrected chi connectivity index (χ3v) is 5.12. The Balaban J connectivity index is 1.92. The standard InChI is InChI=1S/C19H18O2/c1-2-19(10-11-21-18(19)20)17-9-5-8-15-14-7-4-3-6-13(14)12-16(15)17/h3-9H,2,10-12H2,1H3. The molecule has 2 aromatic carbocycles. The lowest BCUT2D eigenvalue weighted by molar-refractivity contribution is -0.142. The predicted molar refractivity (Wildman–Crippen MR) is 82.2 cm³/mol. The molecule has 1 aliphatic carbocycles. The van der Waals surface area contributed by atoms with Crippen molar-refractivity contribution in [1.29, 1.82) is 0 Å². The topological polar surface area (TPSA) is 26.3 Å². The number of hydrogen-bond donors (Lipinski definition) is 0. The number of hydrogen-bond acceptors (Lipinski definition) is 2. The summed E-state index contributed by atoms with van der Waals surface area (Å²) in [6.45, 7) is 2.64. The van der Waals surface area contributed by atoms with Gasteiger partial charge < -0.3 is 4.74 Å². The summed E-state index contributed by atoms with van der Waals surface area (Å²) in [7, 11) is 0. The lowest BCUT2D eigenvalue weighted by Gasteiger charge is -2.26. The summed E-state index contributed by atoms with van der Waals surface area (Å²) in [6, 6.07) is 14.9. The molecule has 2 aliphatic rings. The second-order valence-electron chi connectivity index (χ2n) is 5.99. The van der Waals surface area contributed by atoms with E-state index in [1.54, 1.807) is 0 Å². The van der Waals surface area contributed by atoms with Gasteiger partial charge in [0, 0.05) is 6.42 Å². The Hall–Kier alpha value is -2.09. The van der Waals surface area contributed by atoms with E-state index in [-0.39, 0.29) is 5.97 Å². The summed E-state index contributed by atoms with van der Waals surface area (Å²) >= 11 is 0. The summed E-state index contributed by atoms with van der Waals surface area (Å²) in [5.74, 6) is -0.0469. The molecule has 0 spiro atoms. The Labute approximate surface area is 124 Å². The third kappa shape index (κ3) is 1.62. The van der Waals surface area contributed by atoms with E-state index < -0.39 is 5.41 Å². The minimum Gasteiger partial charge on any atom is -0.465 e. The molecular weight excluding hydrogens is 260 g/mol. The Morgan fingerprint density at radius 3 is 2.67 bits per heavy atom. The van der Waals surface area contributed by atoms with Crippen LogP contribution in [0.25, 0.3) is 11.1 Å². The Morgan fingerprint density at radius 2 is 1.90 bits per heavy atom. The maximum Gasteiger partial charge on any atom is 0.316 e. The van der Waals surface area contributed by atoms with E-state index in [2.05, 4.69) is 49.4 Å². The Morgan fingerprint density at radius 1 is 1.10 bits per heavy atom. The first kappa shape index (κ1) is 12.6. The highest BCUT2D eigenvalue weighted by Crippen LogP contribution is 2.45. The molecule has 4 rings (SSSR count). The summed E-state index contributed by atoms with van der Waals surface area (Å²) in [4.78, 5) is 12.4. The summed E-state index contributed by atoms with van der Waals surface area (Å²) in [5.41, 5.74) is 6.02. The molecular formula is C19H18O2. The quantitative estimate of drug-likeness (QED) is 0.665. The molecule has 0 bridgehead atoms. The fourth-order valence-electron chi connectivity index (χ4n) is 3.92. The van der Waals surface area contributed by atoms with Gasteiger partial charge in [0.15, 0.2) is 0 Å². The van der Waals surface area contributed by atoms with Crippen LogP contribution in [0.1, 0.15) is 36.5 Å². The fraction of sp³-hybridized carbons (Fsp3) is 0.316. The van der Waals surface area contributed by atoms with E-state index >= 15 is 0 Å². The molecule has 0 saturated carbocycles. The first-order valence-electron chi connectivity index (χ1n) is 7.64. The first-order chi connectivity index (χ1) is 10.3. The van der Waals surface area contributed by atoms with Crippen molar-refractivity contribution in [2.24, 2.45) is 0 Å². The molecule has 1 saturated heterocycles. The van der Waals surface area contributed by atoms with Crippen molar-refractivity contribution >= 4 is 5.97 Å². The number of esters is 1. The molecule has 1 heterocycles. The van der Waals surface area contributed by atoms with Gasteiger partial charge in [0.25, 0.3) is 0 Å². The molecule has 0 aromatic heterocycles. The van der Waals surface area contributed by atoms with Crippen molar-refractivity contribution in [2.75, 3.05) is 6.61 Å². The van der Waals surface area contributed by atoms with Crippen LogP contribution in [0.2, 0.25) is 0 Å². The molecule has 106 valence electrons. The molecule has 0 amide bonds. The van der Waals surface area contributed by atoms with E-state index in [0.717, 1.165) is 19.3 Å². The van der Waals surface area contributed by atoms with Crippen LogP contribution in [0.3, 0.4) is 0 Å². The number of carbonyl (C=O) groups is 1. The van der Waals surface area contributed by atoms with Crippen LogP contribution in [-0.4, -0.2) is 12.6 Å². The second-order valence-corrected chi connectivity index (χ2v) is 5.99. The average Bonchev–Trinajstić information content (AvgIpc) is 3.08. The molecule has 2 nitrogen and oxygen atoms in total. The normalized spacial score (nSPS) is 22.8. The number of fused-ring (bicyclic) bond motifs is 3. The highest BCUT2D eigenvalue weighted by atomic mass is 16.5. The summed E-state index contributed by atoms with van der Waals surface area (Å²) in [5, 5.41) is 0. The lowest BCUT2D eigenvalue weighted by atomic mass is 9.74. The van der Waals surface area contributed by atoms with Gasteiger partial charge in [-0.05, 0) is 40.7 Å². The number of ether oxygens (including phenoxy) is 1. The lowest BCUT2D eigenvalue weighted by Crippen LogP contribution is -2.31. The van der Waals surface area contributed by atoms with Gasteiger partial charge in [-0.3, -0.25) is 4.79 Å². The van der Waals surface area contributed by atoms with Gasteiger partial charge in [0.05, 0.1) is 12.0 Å². The molecule has 1 fully saturated rings. The first-order valence-corrected chi connectivity index (χ1v) is 7.64. The minimum atomic E-state index is -0.437. The van der Waals surface area contributed by atoms with Gasteiger partial charge in [0.2, 0.25) is 0 Å². The van der Waals surface area contributed by atoms with Crippen LogP contribution >= 0.6 is 0 Å². The molecule has 0 N–H and O–H groups in total. The smallest absolute Gasteiger partial charge is 0.316 e. The second kappa shape index (κ2) is 4.45. The van der Waals surface area contributed by atoms with Crippen molar-refractivity contribution in [3.8, 4) is 11.1 Å². The minimum absolute atomic E-state index is 0.0469. The molecule has 2 heteroatoms. The van der Waals surface area contributed by atoms with Crippen molar-refractivity contribution < 1.29 is 9.53 Å². The zero-order valence-electron chi connectivity index (χ0n) is 12.2. The SMILES string of the molecule is CCC1(c2cccc3c2Cc2ccccc2-3)CCOC1=O. The monoisotopic (exact) mass is 278 g/mol. The van der Waals surface area contributed by atoms with Crippen LogP contribution in [0.15, 0.2) is 42.5 Å². The van der Waals surface area contributed by atoms with Gasteiger partial charge in [-0.25, -0.2) is 0 Å². The van der Waals surface area contributed by atoms with Gasteiger partial charge in [-0.1, -0.05) is 49.4 Å². The Kier molecular flexibility index (Phi) is 2.68. The fourth-order valence-corrected chi connectivity index (χ4v) is 3.92. The van der Waals surface area contributed by atoms with Gasteiger partial charge >= 0.3 is 5.97 Å². The number of rotatable bonds is 2. The predicted octanol–water partition coefficient (Wildman–Crippen LogP) is 3.85. The molecule has 1 unspecified atom stereocenters. The van der Waals surface area contributed by atoms with Gasteiger partial charge in [-0.2, -0.15) is 0 Å². The summed E-state index contributed by atoms with van der Waals surface area (Å²) < 4.78 is 5.31. The highest BCUT2D eigenvalue weighted by molar-refractivity contribution is 5.88. The van der Waals surface area contributed by atoms with Crippen LogP contribution in [0, 0.1) is 0 Å². The van der Waals surface area contributed by atoms with Crippen molar-refractivity contribution in [2.45, 2.75) is 31.6 Å². The molecule has 1 atom stereocenters. The van der Waals surface area contributed by atoms with E-state index in [0.29, 0.717) is 6.61 Å². The van der Waals surface area contributed by atoms with Crippen LogP contribution in [-0.2, 0) is 21.4 Å². The Bertz CT molecular complexity index is 732. The van der Waals surface area contributed by atoms with Crippen LogP contribution in [0.5, 0.6) is 0 Å². The molecule has 2 aromatic rings. The number of cyclic esters (lactones) is 1. The van der Waals surface area contributed by atoms with Crippen molar-refractivity contribution in [3.05, 3.63) is 59.2 Å². The highest BCUT2D eigenvalue weighted by Gasteiger charge is 2.46. The zero-order chi connectivity index (χ0) is 14.4. The van der Waals surface area contributed by atoms with E-state index in [1.165, 1.54) is 27.8 Å².